The molecule has 1 atom stereocenters. The number of amides is 2. The Morgan fingerprint density at radius 1 is 1.10 bits per heavy atom. The van der Waals surface area contributed by atoms with Crippen molar-refractivity contribution in [3.63, 3.8) is 0 Å². The predicted octanol–water partition coefficient (Wildman–Crippen LogP) is 4.03. The molecule has 4 rings (SSSR count). The van der Waals surface area contributed by atoms with E-state index in [0.29, 0.717) is 22.1 Å². The van der Waals surface area contributed by atoms with Crippen LogP contribution in [0.5, 0.6) is 5.75 Å². The molecule has 30 heavy (non-hydrogen) atoms. The molecule has 1 N–H and O–H groups in total. The van der Waals surface area contributed by atoms with Gasteiger partial charge in [-0.3, -0.25) is 14.6 Å². The average molecular weight is 422 g/mol. The van der Waals surface area contributed by atoms with Crippen LogP contribution in [0.1, 0.15) is 12.1 Å². The summed E-state index contributed by atoms with van der Waals surface area (Å²) in [5, 5.41) is 10.9. The van der Waals surface area contributed by atoms with E-state index in [9.17, 15) is 14.7 Å². The Morgan fingerprint density at radius 2 is 1.83 bits per heavy atom. The van der Waals surface area contributed by atoms with Crippen molar-refractivity contribution in [3.8, 4) is 5.75 Å². The van der Waals surface area contributed by atoms with E-state index >= 15 is 0 Å². The summed E-state index contributed by atoms with van der Waals surface area (Å²) in [5.41, 5.74) is 1.79. The van der Waals surface area contributed by atoms with Gasteiger partial charge in [-0.05, 0) is 48.5 Å². The molecule has 1 aliphatic heterocycles. The SMILES string of the molecule is O=C1CC(C(=O)N(Cc2ccccn2)c2ccccc2O)CN1c1ccc(Cl)cc1. The first kappa shape index (κ1) is 19.9. The molecule has 0 saturated carbocycles. The Bertz CT molecular complexity index is 1060. The number of nitrogens with zero attached hydrogens (tertiary/aromatic N) is 3. The molecule has 7 heteroatoms. The molecule has 1 aromatic heterocycles. The van der Waals surface area contributed by atoms with Crippen molar-refractivity contribution in [2.45, 2.75) is 13.0 Å². The van der Waals surface area contributed by atoms with Crippen LogP contribution in [0, 0.1) is 5.92 Å². The number of pyridine rings is 1. The number of anilines is 2. The predicted molar refractivity (Wildman–Crippen MR) is 115 cm³/mol. The van der Waals surface area contributed by atoms with Crippen LogP contribution in [0.25, 0.3) is 0 Å². The van der Waals surface area contributed by atoms with Crippen LogP contribution in [0.4, 0.5) is 11.4 Å². The van der Waals surface area contributed by atoms with E-state index in [-0.39, 0.29) is 37.1 Å². The molecule has 3 aromatic rings. The Hall–Kier alpha value is -3.38. The van der Waals surface area contributed by atoms with Crippen LogP contribution in [-0.2, 0) is 16.1 Å². The number of halogens is 1. The highest BCUT2D eigenvalue weighted by atomic mass is 35.5. The number of phenolic OH excluding ortho intramolecular Hbond substituents is 1. The molecule has 2 amide bonds. The van der Waals surface area contributed by atoms with Gasteiger partial charge in [0.15, 0.2) is 0 Å². The van der Waals surface area contributed by atoms with Crippen LogP contribution in [0.2, 0.25) is 5.02 Å². The molecule has 1 fully saturated rings. The van der Waals surface area contributed by atoms with Crippen molar-refractivity contribution in [1.29, 1.82) is 0 Å². The fourth-order valence-electron chi connectivity index (χ4n) is 3.59. The van der Waals surface area contributed by atoms with Crippen molar-refractivity contribution in [1.82, 2.24) is 4.98 Å². The number of aromatic nitrogens is 1. The molecular formula is C23H20ClN3O3. The molecule has 152 valence electrons. The largest absolute Gasteiger partial charge is 0.506 e. The Kier molecular flexibility index (Phi) is 5.68. The molecular weight excluding hydrogens is 402 g/mol. The highest BCUT2D eigenvalue weighted by Crippen LogP contribution is 2.32. The lowest BCUT2D eigenvalue weighted by atomic mass is 10.1. The molecule has 0 bridgehead atoms. The van der Waals surface area contributed by atoms with Crippen LogP contribution in [0.15, 0.2) is 72.9 Å². The zero-order valence-electron chi connectivity index (χ0n) is 16.1. The van der Waals surface area contributed by atoms with Gasteiger partial charge >= 0.3 is 0 Å². The zero-order valence-corrected chi connectivity index (χ0v) is 16.9. The van der Waals surface area contributed by atoms with Gasteiger partial charge in [0, 0.05) is 29.9 Å². The first-order valence-electron chi connectivity index (χ1n) is 9.58. The maximum atomic E-state index is 13.5. The fraction of sp³-hybridized carbons (Fsp3) is 0.174. The Balaban J connectivity index is 1.61. The van der Waals surface area contributed by atoms with Gasteiger partial charge < -0.3 is 14.9 Å². The van der Waals surface area contributed by atoms with Crippen molar-refractivity contribution in [2.24, 2.45) is 5.92 Å². The van der Waals surface area contributed by atoms with Crippen LogP contribution < -0.4 is 9.80 Å². The maximum Gasteiger partial charge on any atom is 0.232 e. The molecule has 0 spiro atoms. The van der Waals surface area contributed by atoms with Crippen LogP contribution >= 0.6 is 11.6 Å². The van der Waals surface area contributed by atoms with Crippen molar-refractivity contribution >= 4 is 34.8 Å². The van der Waals surface area contributed by atoms with Gasteiger partial charge in [-0.15, -0.1) is 0 Å². The third kappa shape index (κ3) is 4.14. The van der Waals surface area contributed by atoms with Gasteiger partial charge in [0.05, 0.1) is 23.8 Å². The molecule has 2 aromatic carbocycles. The normalized spacial score (nSPS) is 16.0. The van der Waals surface area contributed by atoms with E-state index in [0.717, 1.165) is 0 Å². The Morgan fingerprint density at radius 3 is 2.53 bits per heavy atom. The van der Waals surface area contributed by atoms with Crippen LogP contribution in [-0.4, -0.2) is 28.4 Å². The number of rotatable bonds is 5. The fourth-order valence-corrected chi connectivity index (χ4v) is 3.72. The number of hydrogen-bond acceptors (Lipinski definition) is 4. The third-order valence-corrected chi connectivity index (χ3v) is 5.35. The van der Waals surface area contributed by atoms with E-state index < -0.39 is 5.92 Å². The summed E-state index contributed by atoms with van der Waals surface area (Å²) in [6, 6.07) is 19.1. The van der Waals surface area contributed by atoms with Gasteiger partial charge in [0.1, 0.15) is 5.75 Å². The lowest BCUT2D eigenvalue weighted by Crippen LogP contribution is -2.37. The van der Waals surface area contributed by atoms with Crippen molar-refractivity contribution < 1.29 is 14.7 Å². The number of aromatic hydroxyl groups is 1. The lowest BCUT2D eigenvalue weighted by molar-refractivity contribution is -0.124. The monoisotopic (exact) mass is 421 g/mol. The molecule has 2 heterocycles. The number of hydrogen-bond donors (Lipinski definition) is 1. The van der Waals surface area contributed by atoms with E-state index in [1.54, 1.807) is 59.6 Å². The number of carbonyl (C=O) groups is 2. The second-order valence-corrected chi connectivity index (χ2v) is 7.55. The molecule has 1 saturated heterocycles. The summed E-state index contributed by atoms with van der Waals surface area (Å²) in [5.74, 6) is -0.880. The van der Waals surface area contributed by atoms with Gasteiger partial charge in [-0.2, -0.15) is 0 Å². The molecule has 1 unspecified atom stereocenters. The highest BCUT2D eigenvalue weighted by molar-refractivity contribution is 6.30. The van der Waals surface area contributed by atoms with Crippen molar-refractivity contribution in [2.75, 3.05) is 16.3 Å². The summed E-state index contributed by atoms with van der Waals surface area (Å²) in [6.07, 6.45) is 1.76. The smallest absolute Gasteiger partial charge is 0.232 e. The van der Waals surface area contributed by atoms with Gasteiger partial charge in [0.25, 0.3) is 0 Å². The van der Waals surface area contributed by atoms with Crippen LogP contribution in [0.3, 0.4) is 0 Å². The first-order chi connectivity index (χ1) is 14.5. The molecule has 0 radical (unpaired) electrons. The summed E-state index contributed by atoms with van der Waals surface area (Å²) >= 11 is 5.94. The minimum Gasteiger partial charge on any atom is -0.506 e. The first-order valence-corrected chi connectivity index (χ1v) is 9.96. The van der Waals surface area contributed by atoms with Gasteiger partial charge in [-0.1, -0.05) is 29.8 Å². The quantitative estimate of drug-likeness (QED) is 0.675. The van der Waals surface area contributed by atoms with Gasteiger partial charge in [0.2, 0.25) is 11.8 Å². The van der Waals surface area contributed by atoms with E-state index in [2.05, 4.69) is 4.98 Å². The second kappa shape index (κ2) is 8.55. The number of para-hydroxylation sites is 2. The lowest BCUT2D eigenvalue weighted by Gasteiger charge is -2.26. The summed E-state index contributed by atoms with van der Waals surface area (Å²) in [4.78, 5) is 33.5. The minimum absolute atomic E-state index is 0.000613. The average Bonchev–Trinajstić information content (AvgIpc) is 3.15. The highest BCUT2D eigenvalue weighted by Gasteiger charge is 2.38. The summed E-state index contributed by atoms with van der Waals surface area (Å²) in [6.45, 7) is 0.467. The maximum absolute atomic E-state index is 13.5. The van der Waals surface area contributed by atoms with E-state index in [1.807, 2.05) is 12.1 Å². The topological polar surface area (TPSA) is 73.7 Å². The molecule has 6 nitrogen and oxygen atoms in total. The number of carbonyl (C=O) groups excluding carboxylic acids is 2. The standard InChI is InChI=1S/C23H20ClN3O3/c24-17-8-10-19(11-9-17)26-14-16(13-22(26)29)23(30)27(15-18-5-3-4-12-25-18)20-6-1-2-7-21(20)28/h1-12,16,28H,13-15H2. The summed E-state index contributed by atoms with van der Waals surface area (Å²) in [7, 11) is 0. The summed E-state index contributed by atoms with van der Waals surface area (Å²) < 4.78 is 0. The third-order valence-electron chi connectivity index (χ3n) is 5.10. The number of benzene rings is 2. The zero-order chi connectivity index (χ0) is 21.1. The molecule has 1 aliphatic rings. The molecule has 0 aliphatic carbocycles. The number of phenols is 1. The van der Waals surface area contributed by atoms with E-state index in [4.69, 9.17) is 11.6 Å². The Labute approximate surface area is 179 Å². The van der Waals surface area contributed by atoms with Gasteiger partial charge in [-0.25, -0.2) is 0 Å². The second-order valence-electron chi connectivity index (χ2n) is 7.12. The van der Waals surface area contributed by atoms with Crippen molar-refractivity contribution in [3.05, 3.63) is 83.6 Å². The van der Waals surface area contributed by atoms with E-state index in [1.165, 1.54) is 11.0 Å². The minimum atomic E-state index is -0.531.